The lowest BCUT2D eigenvalue weighted by molar-refractivity contribution is 0.0371. The molecule has 1 aliphatic rings. The lowest BCUT2D eigenvalue weighted by Gasteiger charge is -2.26. The van der Waals surface area contributed by atoms with Crippen molar-refractivity contribution < 1.29 is 9.53 Å². The van der Waals surface area contributed by atoms with Gasteiger partial charge in [-0.15, -0.1) is 0 Å². The van der Waals surface area contributed by atoms with E-state index < -0.39 is 0 Å². The van der Waals surface area contributed by atoms with Crippen LogP contribution >= 0.6 is 0 Å². The first kappa shape index (κ1) is 14.2. The number of aryl methyl sites for hydroxylation is 2. The molecule has 0 aliphatic carbocycles. The smallest absolute Gasteiger partial charge is 0.177 e. The van der Waals surface area contributed by atoms with Crippen molar-refractivity contribution in [2.75, 3.05) is 32.8 Å². The first-order valence-electron chi connectivity index (χ1n) is 6.91. The van der Waals surface area contributed by atoms with Gasteiger partial charge in [-0.05, 0) is 49.9 Å². The summed E-state index contributed by atoms with van der Waals surface area (Å²) in [4.78, 5) is 14.8. The standard InChI is InChI=1S/C16H23NO2/c1-11-9-12(2)14(4)16(13(11)3)15(18)10-17-5-7-19-8-6-17/h9H,5-8,10H2,1-4H3. The van der Waals surface area contributed by atoms with E-state index in [-0.39, 0.29) is 5.78 Å². The van der Waals surface area contributed by atoms with E-state index in [0.717, 1.165) is 43.0 Å². The van der Waals surface area contributed by atoms with Gasteiger partial charge in [0.1, 0.15) is 0 Å². The monoisotopic (exact) mass is 261 g/mol. The van der Waals surface area contributed by atoms with E-state index in [0.29, 0.717) is 6.54 Å². The maximum absolute atomic E-state index is 12.6. The molecule has 1 aliphatic heterocycles. The molecular formula is C16H23NO2. The van der Waals surface area contributed by atoms with Crippen LogP contribution in [0.25, 0.3) is 0 Å². The van der Waals surface area contributed by atoms with Gasteiger partial charge in [-0.1, -0.05) is 6.07 Å². The van der Waals surface area contributed by atoms with E-state index in [1.54, 1.807) is 0 Å². The minimum atomic E-state index is 0.240. The minimum Gasteiger partial charge on any atom is -0.379 e. The van der Waals surface area contributed by atoms with Gasteiger partial charge in [-0.3, -0.25) is 9.69 Å². The molecule has 0 bridgehead atoms. The van der Waals surface area contributed by atoms with Crippen LogP contribution in [0.3, 0.4) is 0 Å². The van der Waals surface area contributed by atoms with Crippen molar-refractivity contribution in [3.63, 3.8) is 0 Å². The van der Waals surface area contributed by atoms with Crippen molar-refractivity contribution in [3.05, 3.63) is 33.9 Å². The van der Waals surface area contributed by atoms with Crippen LogP contribution in [0.15, 0.2) is 6.07 Å². The second-order valence-electron chi connectivity index (χ2n) is 5.45. The molecule has 0 atom stereocenters. The number of ketones is 1. The number of morpholine rings is 1. The van der Waals surface area contributed by atoms with Crippen LogP contribution in [0.1, 0.15) is 32.6 Å². The van der Waals surface area contributed by atoms with Crippen LogP contribution in [0.4, 0.5) is 0 Å². The Morgan fingerprint density at radius 1 is 1.11 bits per heavy atom. The third-order valence-corrected chi connectivity index (χ3v) is 4.12. The number of nitrogens with zero attached hydrogens (tertiary/aromatic N) is 1. The van der Waals surface area contributed by atoms with Gasteiger partial charge in [0.25, 0.3) is 0 Å². The molecule has 0 N–H and O–H groups in total. The first-order chi connectivity index (χ1) is 9.00. The average Bonchev–Trinajstić information content (AvgIpc) is 2.38. The topological polar surface area (TPSA) is 29.5 Å². The van der Waals surface area contributed by atoms with Gasteiger partial charge in [0, 0.05) is 18.7 Å². The predicted molar refractivity (Wildman–Crippen MR) is 77.0 cm³/mol. The van der Waals surface area contributed by atoms with Crippen molar-refractivity contribution in [1.82, 2.24) is 4.90 Å². The van der Waals surface area contributed by atoms with Gasteiger partial charge < -0.3 is 4.74 Å². The third kappa shape index (κ3) is 3.04. The molecule has 0 spiro atoms. The summed E-state index contributed by atoms with van der Waals surface area (Å²) < 4.78 is 5.32. The fourth-order valence-corrected chi connectivity index (χ4v) is 2.68. The predicted octanol–water partition coefficient (Wildman–Crippen LogP) is 2.44. The zero-order valence-electron chi connectivity index (χ0n) is 12.4. The molecule has 0 unspecified atom stereocenters. The fourth-order valence-electron chi connectivity index (χ4n) is 2.68. The Bertz CT molecular complexity index is 462. The van der Waals surface area contributed by atoms with Gasteiger partial charge in [-0.2, -0.15) is 0 Å². The minimum absolute atomic E-state index is 0.240. The molecule has 1 saturated heterocycles. The summed E-state index contributed by atoms with van der Waals surface area (Å²) in [5, 5.41) is 0. The number of carbonyl (C=O) groups is 1. The number of ether oxygens (including phenoxy) is 1. The van der Waals surface area contributed by atoms with E-state index >= 15 is 0 Å². The van der Waals surface area contributed by atoms with Crippen molar-refractivity contribution in [2.45, 2.75) is 27.7 Å². The summed E-state index contributed by atoms with van der Waals surface area (Å²) in [6.07, 6.45) is 0. The summed E-state index contributed by atoms with van der Waals surface area (Å²) in [5.74, 6) is 0.240. The second-order valence-corrected chi connectivity index (χ2v) is 5.45. The molecule has 104 valence electrons. The van der Waals surface area contributed by atoms with Crippen LogP contribution in [0, 0.1) is 27.7 Å². The highest BCUT2D eigenvalue weighted by molar-refractivity contribution is 6.00. The molecule has 0 radical (unpaired) electrons. The van der Waals surface area contributed by atoms with Gasteiger partial charge in [0.05, 0.1) is 19.8 Å². The number of hydrogen-bond acceptors (Lipinski definition) is 3. The van der Waals surface area contributed by atoms with Crippen molar-refractivity contribution in [2.24, 2.45) is 0 Å². The molecule has 1 fully saturated rings. The van der Waals surface area contributed by atoms with Gasteiger partial charge in [0.15, 0.2) is 5.78 Å². The maximum atomic E-state index is 12.6. The molecule has 2 rings (SSSR count). The summed E-state index contributed by atoms with van der Waals surface area (Å²) >= 11 is 0. The molecule has 0 aromatic heterocycles. The Labute approximate surface area is 115 Å². The van der Waals surface area contributed by atoms with Crippen molar-refractivity contribution in [1.29, 1.82) is 0 Å². The molecule has 1 aromatic rings. The molecule has 3 nitrogen and oxygen atoms in total. The van der Waals surface area contributed by atoms with E-state index in [4.69, 9.17) is 4.74 Å². The number of Topliss-reactive ketones (excluding diaryl/α,β-unsaturated/α-hetero) is 1. The fraction of sp³-hybridized carbons (Fsp3) is 0.562. The Balaban J connectivity index is 2.23. The quantitative estimate of drug-likeness (QED) is 0.783. The van der Waals surface area contributed by atoms with Gasteiger partial charge >= 0.3 is 0 Å². The molecule has 0 saturated carbocycles. The molecule has 19 heavy (non-hydrogen) atoms. The van der Waals surface area contributed by atoms with E-state index in [9.17, 15) is 4.79 Å². The lowest BCUT2D eigenvalue weighted by Crippen LogP contribution is -2.39. The highest BCUT2D eigenvalue weighted by Gasteiger charge is 2.19. The SMILES string of the molecule is Cc1cc(C)c(C)c(C(=O)CN2CCOCC2)c1C. The summed E-state index contributed by atoms with van der Waals surface area (Å²) in [6, 6.07) is 2.16. The van der Waals surface area contributed by atoms with Crippen LogP contribution < -0.4 is 0 Å². The van der Waals surface area contributed by atoms with E-state index in [2.05, 4.69) is 24.8 Å². The van der Waals surface area contributed by atoms with Crippen LogP contribution in [0.5, 0.6) is 0 Å². The highest BCUT2D eigenvalue weighted by atomic mass is 16.5. The highest BCUT2D eigenvalue weighted by Crippen LogP contribution is 2.22. The zero-order valence-corrected chi connectivity index (χ0v) is 12.4. The van der Waals surface area contributed by atoms with E-state index in [1.165, 1.54) is 11.1 Å². The van der Waals surface area contributed by atoms with Gasteiger partial charge in [-0.25, -0.2) is 0 Å². The first-order valence-corrected chi connectivity index (χ1v) is 6.91. The lowest BCUT2D eigenvalue weighted by atomic mass is 9.91. The van der Waals surface area contributed by atoms with Gasteiger partial charge in [0.2, 0.25) is 0 Å². The number of hydrogen-bond donors (Lipinski definition) is 0. The Hall–Kier alpha value is -1.19. The third-order valence-electron chi connectivity index (χ3n) is 4.12. The molecule has 3 heteroatoms. The second kappa shape index (κ2) is 5.85. The number of rotatable bonds is 3. The zero-order chi connectivity index (χ0) is 14.0. The number of carbonyl (C=O) groups excluding carboxylic acids is 1. The van der Waals surface area contributed by atoms with Crippen LogP contribution in [-0.2, 0) is 4.74 Å². The van der Waals surface area contributed by atoms with E-state index in [1.807, 2.05) is 13.8 Å². The molecule has 0 amide bonds. The maximum Gasteiger partial charge on any atom is 0.177 e. The summed E-state index contributed by atoms with van der Waals surface area (Å²) in [6.45, 7) is 11.9. The number of benzene rings is 1. The Morgan fingerprint density at radius 3 is 2.16 bits per heavy atom. The Morgan fingerprint density at radius 2 is 1.63 bits per heavy atom. The van der Waals surface area contributed by atoms with Crippen LogP contribution in [-0.4, -0.2) is 43.5 Å². The Kier molecular flexibility index (Phi) is 4.38. The van der Waals surface area contributed by atoms with Crippen molar-refractivity contribution in [3.8, 4) is 0 Å². The largest absolute Gasteiger partial charge is 0.379 e. The average molecular weight is 261 g/mol. The molecular weight excluding hydrogens is 238 g/mol. The summed E-state index contributed by atoms with van der Waals surface area (Å²) in [5.41, 5.74) is 5.58. The molecule has 1 aromatic carbocycles. The molecule has 1 heterocycles. The normalized spacial score (nSPS) is 16.6. The van der Waals surface area contributed by atoms with Crippen LogP contribution in [0.2, 0.25) is 0 Å². The summed E-state index contributed by atoms with van der Waals surface area (Å²) in [7, 11) is 0. The van der Waals surface area contributed by atoms with Crippen molar-refractivity contribution >= 4 is 5.78 Å².